The van der Waals surface area contributed by atoms with Gasteiger partial charge in [-0.15, -0.1) is 0 Å². The fourth-order valence-corrected chi connectivity index (χ4v) is 2.46. The number of allylic oxidation sites excluding steroid dienone is 1. The van der Waals surface area contributed by atoms with Crippen LogP contribution in [0.5, 0.6) is 0 Å². The van der Waals surface area contributed by atoms with Gasteiger partial charge in [0, 0.05) is 0 Å². The molecule has 0 radical (unpaired) electrons. The van der Waals surface area contributed by atoms with Crippen molar-refractivity contribution in [3.05, 3.63) is 17.4 Å². The van der Waals surface area contributed by atoms with Crippen LogP contribution in [-0.2, 0) is 23.5 Å². The molecule has 0 aromatic carbocycles. The van der Waals surface area contributed by atoms with E-state index in [2.05, 4.69) is 4.79 Å². The van der Waals surface area contributed by atoms with Crippen LogP contribution < -0.4 is 0 Å². The lowest BCUT2D eigenvalue weighted by molar-refractivity contribution is -0.164. The molecule has 1 atom stereocenters. The average molecular weight is 356 g/mol. The van der Waals surface area contributed by atoms with Crippen LogP contribution >= 0.6 is 0 Å². The van der Waals surface area contributed by atoms with E-state index >= 15 is 0 Å². The highest BCUT2D eigenvalue weighted by atomic mass is 28.4. The van der Waals surface area contributed by atoms with Crippen LogP contribution in [-0.4, -0.2) is 43.5 Å². The Labute approximate surface area is 144 Å². The zero-order valence-corrected chi connectivity index (χ0v) is 16.8. The van der Waals surface area contributed by atoms with Crippen LogP contribution in [0, 0.1) is 0 Å². The lowest BCUT2D eigenvalue weighted by atomic mass is 10.2. The molecule has 0 spiro atoms. The SMILES string of the molecule is C/C=C(\O[Si](C)(C)C(C)(C)C)C(=[N+]=[N-])C(=O)O[C@@H](C)C(=O)OCC. The number of esters is 2. The zero-order chi connectivity index (χ0) is 19.1. The molecule has 0 heterocycles. The molecule has 24 heavy (non-hydrogen) atoms. The van der Waals surface area contributed by atoms with E-state index in [9.17, 15) is 15.1 Å². The predicted molar refractivity (Wildman–Crippen MR) is 92.9 cm³/mol. The molecule has 0 aliphatic rings. The third-order valence-electron chi connectivity index (χ3n) is 3.86. The van der Waals surface area contributed by atoms with Crippen LogP contribution in [0.25, 0.3) is 5.53 Å². The molecule has 0 saturated carbocycles. The summed E-state index contributed by atoms with van der Waals surface area (Å²) in [5.41, 5.74) is 8.84. The van der Waals surface area contributed by atoms with Crippen molar-refractivity contribution in [3.8, 4) is 0 Å². The quantitative estimate of drug-likeness (QED) is 0.174. The van der Waals surface area contributed by atoms with Gasteiger partial charge in [0.25, 0.3) is 8.32 Å². The Balaban J connectivity index is 5.28. The Morgan fingerprint density at radius 3 is 2.21 bits per heavy atom. The zero-order valence-electron chi connectivity index (χ0n) is 15.8. The maximum absolute atomic E-state index is 12.2. The van der Waals surface area contributed by atoms with Crippen molar-refractivity contribution in [2.24, 2.45) is 0 Å². The van der Waals surface area contributed by atoms with Crippen molar-refractivity contribution >= 4 is 26.0 Å². The largest absolute Gasteiger partial charge is 0.538 e. The highest BCUT2D eigenvalue weighted by Gasteiger charge is 2.43. The molecule has 0 saturated heterocycles. The summed E-state index contributed by atoms with van der Waals surface area (Å²) in [6.07, 6.45) is 0.423. The van der Waals surface area contributed by atoms with Crippen molar-refractivity contribution in [1.29, 1.82) is 0 Å². The number of carbonyl (C=O) groups is 2. The van der Waals surface area contributed by atoms with Gasteiger partial charge in [0.15, 0.2) is 11.9 Å². The molecule has 0 aromatic heterocycles. The fourth-order valence-electron chi connectivity index (χ4n) is 1.39. The lowest BCUT2D eigenvalue weighted by Gasteiger charge is -2.36. The summed E-state index contributed by atoms with van der Waals surface area (Å²) in [6.45, 7) is 15.0. The van der Waals surface area contributed by atoms with Crippen molar-refractivity contribution in [1.82, 2.24) is 0 Å². The first-order chi connectivity index (χ1) is 10.9. The van der Waals surface area contributed by atoms with Gasteiger partial charge in [-0.3, -0.25) is 0 Å². The van der Waals surface area contributed by atoms with Gasteiger partial charge in [-0.25, -0.2) is 9.59 Å². The van der Waals surface area contributed by atoms with Gasteiger partial charge in [-0.2, -0.15) is 4.79 Å². The maximum atomic E-state index is 12.2. The predicted octanol–water partition coefficient (Wildman–Crippen LogP) is 3.08. The molecule has 8 heteroatoms. The van der Waals surface area contributed by atoms with E-state index in [1.807, 2.05) is 33.9 Å². The van der Waals surface area contributed by atoms with Crippen molar-refractivity contribution < 1.29 is 28.3 Å². The topological polar surface area (TPSA) is 98.2 Å². The van der Waals surface area contributed by atoms with E-state index in [0.717, 1.165) is 0 Å². The summed E-state index contributed by atoms with van der Waals surface area (Å²) < 4.78 is 15.8. The standard InChI is InChI=1S/C16H28N2O5Si/c1-9-12(23-24(7,8)16(4,5)6)13(18-17)15(20)22-11(3)14(19)21-10-2/h9,11H,10H2,1-8H3/b12-9-/t11-/m0/s1. The smallest absolute Gasteiger partial charge is 0.438 e. The van der Waals surface area contributed by atoms with Gasteiger partial charge < -0.3 is 19.4 Å². The van der Waals surface area contributed by atoms with Gasteiger partial charge in [-0.05, 0) is 45.0 Å². The molecule has 0 N–H and O–H groups in total. The van der Waals surface area contributed by atoms with E-state index in [1.54, 1.807) is 13.8 Å². The Morgan fingerprint density at radius 2 is 1.83 bits per heavy atom. The van der Waals surface area contributed by atoms with Crippen LogP contribution in [0.4, 0.5) is 0 Å². The molecule has 0 fully saturated rings. The average Bonchev–Trinajstić information content (AvgIpc) is 2.45. The van der Waals surface area contributed by atoms with E-state index in [0.29, 0.717) is 0 Å². The van der Waals surface area contributed by atoms with E-state index in [-0.39, 0.29) is 23.1 Å². The molecule has 0 amide bonds. The van der Waals surface area contributed by atoms with E-state index in [4.69, 9.17) is 13.9 Å². The Bertz CT molecular complexity index is 557. The van der Waals surface area contributed by atoms with Crippen molar-refractivity contribution in [3.63, 3.8) is 0 Å². The molecule has 0 aliphatic carbocycles. The maximum Gasteiger partial charge on any atom is 0.438 e. The normalized spacial score (nSPS) is 13.6. The van der Waals surface area contributed by atoms with Crippen molar-refractivity contribution in [2.75, 3.05) is 6.61 Å². The summed E-state index contributed by atoms with van der Waals surface area (Å²) in [7, 11) is -2.25. The molecule has 7 nitrogen and oxygen atoms in total. The molecule has 0 rings (SSSR count). The van der Waals surface area contributed by atoms with Gasteiger partial charge in [0.2, 0.25) is 0 Å². The number of ether oxygens (including phenoxy) is 2. The summed E-state index contributed by atoms with van der Waals surface area (Å²) in [4.78, 5) is 26.8. The summed E-state index contributed by atoms with van der Waals surface area (Å²) in [5.74, 6) is -1.49. The first-order valence-corrected chi connectivity index (χ1v) is 10.8. The number of nitrogens with zero attached hydrogens (tertiary/aromatic N) is 2. The molecule has 0 unspecified atom stereocenters. The molecule has 136 valence electrons. The van der Waals surface area contributed by atoms with Gasteiger partial charge in [0.1, 0.15) is 0 Å². The van der Waals surface area contributed by atoms with Gasteiger partial charge in [0.05, 0.1) is 6.61 Å². The number of rotatable bonds is 7. The van der Waals surface area contributed by atoms with Crippen LogP contribution in [0.15, 0.2) is 11.8 Å². The Kier molecular flexibility index (Phi) is 8.09. The van der Waals surface area contributed by atoms with E-state index < -0.39 is 26.4 Å². The summed E-state index contributed by atoms with van der Waals surface area (Å²) in [5, 5.41) is -0.107. The monoisotopic (exact) mass is 356 g/mol. The Hall–Kier alpha value is -1.92. The van der Waals surface area contributed by atoms with Gasteiger partial charge >= 0.3 is 17.7 Å². The number of hydrogen-bond acceptors (Lipinski definition) is 5. The second kappa shape index (κ2) is 8.80. The highest BCUT2D eigenvalue weighted by molar-refractivity contribution is 6.74. The van der Waals surface area contributed by atoms with Crippen LogP contribution in [0.2, 0.25) is 18.1 Å². The minimum Gasteiger partial charge on any atom is -0.538 e. The molecular formula is C16H28N2O5Si. The number of hydrogen-bond donors (Lipinski definition) is 0. The summed E-state index contributed by atoms with van der Waals surface area (Å²) in [6, 6.07) is 0. The fraction of sp³-hybridized carbons (Fsp3) is 0.688. The minimum absolute atomic E-state index is 0.107. The van der Waals surface area contributed by atoms with Gasteiger partial charge in [-0.1, -0.05) is 20.8 Å². The Morgan fingerprint density at radius 1 is 1.29 bits per heavy atom. The highest BCUT2D eigenvalue weighted by Crippen LogP contribution is 2.38. The second-order valence-electron chi connectivity index (χ2n) is 6.76. The third-order valence-corrected chi connectivity index (χ3v) is 8.21. The second-order valence-corrected chi connectivity index (χ2v) is 11.5. The van der Waals surface area contributed by atoms with E-state index in [1.165, 1.54) is 13.0 Å². The molecule has 0 aromatic rings. The first kappa shape index (κ1) is 22.1. The third kappa shape index (κ3) is 5.94. The van der Waals surface area contributed by atoms with Crippen LogP contribution in [0.1, 0.15) is 41.5 Å². The molecular weight excluding hydrogens is 328 g/mol. The lowest BCUT2D eigenvalue weighted by Crippen LogP contribution is -2.42. The first-order valence-electron chi connectivity index (χ1n) is 7.86. The molecule has 0 bridgehead atoms. The van der Waals surface area contributed by atoms with Crippen LogP contribution in [0.3, 0.4) is 0 Å². The number of carbonyl (C=O) groups excluding carboxylic acids is 2. The minimum atomic E-state index is -2.25. The van der Waals surface area contributed by atoms with Crippen molar-refractivity contribution in [2.45, 2.75) is 65.8 Å². The molecule has 0 aliphatic heterocycles. The summed E-state index contributed by atoms with van der Waals surface area (Å²) >= 11 is 0.